The van der Waals surface area contributed by atoms with Crippen molar-refractivity contribution in [2.45, 2.75) is 45.7 Å². The van der Waals surface area contributed by atoms with Crippen LogP contribution in [0.1, 0.15) is 33.6 Å². The first-order chi connectivity index (χ1) is 12.4. The number of para-hydroxylation sites is 1. The molecule has 1 amide bonds. The van der Waals surface area contributed by atoms with Crippen molar-refractivity contribution in [2.75, 3.05) is 18.4 Å². The van der Waals surface area contributed by atoms with Crippen molar-refractivity contribution in [3.05, 3.63) is 30.3 Å². The van der Waals surface area contributed by atoms with E-state index in [0.29, 0.717) is 25.5 Å². The highest BCUT2D eigenvalue weighted by Crippen LogP contribution is 2.28. The van der Waals surface area contributed by atoms with Gasteiger partial charge in [0.05, 0.1) is 5.69 Å². The van der Waals surface area contributed by atoms with Crippen molar-refractivity contribution >= 4 is 36.7 Å². The Morgan fingerprint density at radius 3 is 2.61 bits per heavy atom. The van der Waals surface area contributed by atoms with Gasteiger partial charge >= 0.3 is 0 Å². The molecule has 10 heteroatoms. The number of anilines is 1. The second-order valence-electron chi connectivity index (χ2n) is 7.50. The zero-order chi connectivity index (χ0) is 18.7. The number of benzene rings is 1. The number of likely N-dealkylation sites (tertiary alicyclic amines) is 1. The minimum Gasteiger partial charge on any atom is -0.341 e. The van der Waals surface area contributed by atoms with Gasteiger partial charge in [-0.3, -0.25) is 4.79 Å². The topological polar surface area (TPSA) is 102 Å². The smallest absolute Gasteiger partial charge is 0.248 e. The molecular formula is C18H29Cl2N7O. The number of halogens is 2. The Morgan fingerprint density at radius 2 is 2.00 bits per heavy atom. The summed E-state index contributed by atoms with van der Waals surface area (Å²) in [5, 5.41) is 15.0. The minimum atomic E-state index is -0.381. The number of hydrogen-bond donors (Lipinski definition) is 2. The number of nitrogens with one attached hydrogen (secondary N) is 1. The summed E-state index contributed by atoms with van der Waals surface area (Å²) in [4.78, 5) is 14.9. The molecule has 3 N–H and O–H groups in total. The highest BCUT2D eigenvalue weighted by molar-refractivity contribution is 5.85. The number of tetrazole rings is 1. The average Bonchev–Trinajstić information content (AvgIpc) is 3.10. The summed E-state index contributed by atoms with van der Waals surface area (Å²) >= 11 is 0. The van der Waals surface area contributed by atoms with E-state index in [-0.39, 0.29) is 48.2 Å². The zero-order valence-electron chi connectivity index (χ0n) is 16.4. The van der Waals surface area contributed by atoms with Gasteiger partial charge in [0.1, 0.15) is 6.04 Å². The van der Waals surface area contributed by atoms with Gasteiger partial charge in [0, 0.05) is 19.1 Å². The summed E-state index contributed by atoms with van der Waals surface area (Å²) < 4.78 is 1.60. The van der Waals surface area contributed by atoms with Crippen LogP contribution in [0, 0.1) is 5.41 Å². The Morgan fingerprint density at radius 1 is 1.32 bits per heavy atom. The van der Waals surface area contributed by atoms with Crippen LogP contribution in [0.4, 0.5) is 5.95 Å². The van der Waals surface area contributed by atoms with Crippen LogP contribution in [0.5, 0.6) is 0 Å². The second kappa shape index (κ2) is 10.0. The third-order valence-electron chi connectivity index (χ3n) is 5.10. The van der Waals surface area contributed by atoms with E-state index >= 15 is 0 Å². The Bertz CT molecular complexity index is 753. The van der Waals surface area contributed by atoms with E-state index in [1.165, 1.54) is 0 Å². The maximum absolute atomic E-state index is 13.0. The fourth-order valence-electron chi connectivity index (χ4n) is 3.30. The molecule has 1 aliphatic heterocycles. The maximum Gasteiger partial charge on any atom is 0.248 e. The second-order valence-corrected chi connectivity index (χ2v) is 7.50. The molecule has 1 aromatic heterocycles. The third kappa shape index (κ3) is 5.12. The molecule has 0 radical (unpaired) electrons. The van der Waals surface area contributed by atoms with Gasteiger partial charge in [0.2, 0.25) is 11.9 Å². The van der Waals surface area contributed by atoms with Crippen LogP contribution < -0.4 is 11.1 Å². The van der Waals surface area contributed by atoms with E-state index in [9.17, 15) is 4.79 Å². The van der Waals surface area contributed by atoms with E-state index < -0.39 is 0 Å². The summed E-state index contributed by atoms with van der Waals surface area (Å²) in [6.07, 6.45) is 1.46. The molecule has 2 aromatic rings. The van der Waals surface area contributed by atoms with Gasteiger partial charge in [0.15, 0.2) is 0 Å². The van der Waals surface area contributed by atoms with Crippen molar-refractivity contribution in [3.63, 3.8) is 0 Å². The zero-order valence-corrected chi connectivity index (χ0v) is 18.0. The molecular weight excluding hydrogens is 401 g/mol. The van der Waals surface area contributed by atoms with Crippen molar-refractivity contribution < 1.29 is 4.79 Å². The first kappa shape index (κ1) is 24.1. The summed E-state index contributed by atoms with van der Waals surface area (Å²) in [5.74, 6) is 0.527. The van der Waals surface area contributed by atoms with Crippen LogP contribution in [0.2, 0.25) is 0 Å². The molecule has 2 atom stereocenters. The van der Waals surface area contributed by atoms with Gasteiger partial charge < -0.3 is 16.0 Å². The molecule has 156 valence electrons. The van der Waals surface area contributed by atoms with Crippen molar-refractivity contribution in [1.82, 2.24) is 25.1 Å². The number of hydrogen-bond acceptors (Lipinski definition) is 6. The lowest BCUT2D eigenvalue weighted by Crippen LogP contribution is -2.56. The molecule has 0 aliphatic carbocycles. The molecule has 28 heavy (non-hydrogen) atoms. The largest absolute Gasteiger partial charge is 0.341 e. The molecule has 1 saturated heterocycles. The van der Waals surface area contributed by atoms with Gasteiger partial charge in [-0.15, -0.1) is 24.8 Å². The fourth-order valence-corrected chi connectivity index (χ4v) is 3.30. The normalized spacial score (nSPS) is 19.1. The van der Waals surface area contributed by atoms with E-state index in [1.54, 1.807) is 4.68 Å². The summed E-state index contributed by atoms with van der Waals surface area (Å²) in [7, 11) is 0. The molecule has 8 nitrogen and oxygen atoms in total. The van der Waals surface area contributed by atoms with Crippen LogP contribution in [0.25, 0.3) is 5.69 Å². The molecule has 1 aliphatic rings. The molecule has 0 saturated carbocycles. The third-order valence-corrected chi connectivity index (χ3v) is 5.10. The molecule has 2 heterocycles. The van der Waals surface area contributed by atoms with E-state index in [0.717, 1.165) is 12.1 Å². The molecule has 2 unspecified atom stereocenters. The molecule has 1 fully saturated rings. The quantitative estimate of drug-likeness (QED) is 0.755. The van der Waals surface area contributed by atoms with Crippen molar-refractivity contribution in [2.24, 2.45) is 11.1 Å². The van der Waals surface area contributed by atoms with Gasteiger partial charge in [-0.25, -0.2) is 0 Å². The van der Waals surface area contributed by atoms with Crippen LogP contribution in [0.15, 0.2) is 30.3 Å². The molecule has 3 rings (SSSR count). The minimum absolute atomic E-state index is 0. The van der Waals surface area contributed by atoms with Crippen LogP contribution in [0.3, 0.4) is 0 Å². The van der Waals surface area contributed by atoms with Crippen LogP contribution >= 0.6 is 24.8 Å². The maximum atomic E-state index is 13.0. The van der Waals surface area contributed by atoms with E-state index in [1.807, 2.05) is 42.2 Å². The lowest BCUT2D eigenvalue weighted by atomic mass is 9.79. The van der Waals surface area contributed by atoms with Gasteiger partial charge in [-0.05, 0) is 40.8 Å². The molecule has 0 spiro atoms. The number of nitrogens with two attached hydrogens (primary N) is 1. The predicted molar refractivity (Wildman–Crippen MR) is 114 cm³/mol. The number of aromatic nitrogens is 4. The summed E-state index contributed by atoms with van der Waals surface area (Å²) in [6.45, 7) is 7.55. The number of rotatable bonds is 5. The van der Waals surface area contributed by atoms with E-state index in [4.69, 9.17) is 5.73 Å². The molecule has 0 bridgehead atoms. The number of piperidine rings is 1. The van der Waals surface area contributed by atoms with Gasteiger partial charge in [0.25, 0.3) is 0 Å². The number of nitrogens with zero attached hydrogens (tertiary/aromatic N) is 5. The van der Waals surface area contributed by atoms with Gasteiger partial charge in [-0.1, -0.05) is 44.1 Å². The first-order valence-electron chi connectivity index (χ1n) is 9.07. The Hall–Kier alpha value is -1.90. The number of carbonyl (C=O) groups excluding carboxylic acids is 1. The van der Waals surface area contributed by atoms with Crippen molar-refractivity contribution in [3.8, 4) is 5.69 Å². The molecule has 1 aromatic carbocycles. The Balaban J connectivity index is 0.00000196. The average molecular weight is 430 g/mol. The van der Waals surface area contributed by atoms with Crippen LogP contribution in [-0.2, 0) is 4.79 Å². The highest BCUT2D eigenvalue weighted by atomic mass is 35.5. The van der Waals surface area contributed by atoms with Gasteiger partial charge in [-0.2, -0.15) is 4.68 Å². The lowest BCUT2D eigenvalue weighted by molar-refractivity contribution is -0.135. The van der Waals surface area contributed by atoms with E-state index in [2.05, 4.69) is 34.7 Å². The summed E-state index contributed by atoms with van der Waals surface area (Å²) in [5.41, 5.74) is 6.95. The highest BCUT2D eigenvalue weighted by Gasteiger charge is 2.37. The standard InChI is InChI=1S/C18H27N7O.2ClH/c1-4-14(16(26)24-11-10-15(19)18(2,3)12-24)20-17-21-22-23-25(17)13-8-6-5-7-9-13;;/h5-9,14-15H,4,10-12,19H2,1-3H3,(H,20,21,23);2*1H. The summed E-state index contributed by atoms with van der Waals surface area (Å²) in [6, 6.07) is 9.34. The number of amides is 1. The lowest BCUT2D eigenvalue weighted by Gasteiger charge is -2.43. The van der Waals surface area contributed by atoms with Crippen LogP contribution in [-0.4, -0.2) is 56.2 Å². The Labute approximate surface area is 178 Å². The monoisotopic (exact) mass is 429 g/mol. The first-order valence-corrected chi connectivity index (χ1v) is 9.07. The fraction of sp³-hybridized carbons (Fsp3) is 0.556. The Kier molecular flexibility index (Phi) is 8.66. The predicted octanol–water partition coefficient (Wildman–Crippen LogP) is 2.28. The SMILES string of the molecule is CCC(Nc1nnnn1-c1ccccc1)C(=O)N1CCC(N)C(C)(C)C1.Cl.Cl. The van der Waals surface area contributed by atoms with Crippen molar-refractivity contribution in [1.29, 1.82) is 0 Å². The number of carbonyl (C=O) groups is 1.